The number of hydrogen-bond acceptors (Lipinski definition) is 7. The van der Waals surface area contributed by atoms with Crippen LogP contribution >= 0.6 is 23.2 Å². The van der Waals surface area contributed by atoms with Gasteiger partial charge in [-0.1, -0.05) is 78.9 Å². The Morgan fingerprint density at radius 3 is 2.49 bits per heavy atom. The fraction of sp³-hybridized carbons (Fsp3) is 0.405. The van der Waals surface area contributed by atoms with Crippen molar-refractivity contribution in [2.45, 2.75) is 70.6 Å². The zero-order valence-corrected chi connectivity index (χ0v) is 32.3. The van der Waals surface area contributed by atoms with Crippen molar-refractivity contribution < 1.29 is 14.3 Å². The predicted octanol–water partition coefficient (Wildman–Crippen LogP) is 8.52. The fourth-order valence-electron chi connectivity index (χ4n) is 7.94. The summed E-state index contributed by atoms with van der Waals surface area (Å²) in [6.07, 6.45) is 10.0. The summed E-state index contributed by atoms with van der Waals surface area (Å²) in [5.41, 5.74) is 7.34. The minimum absolute atomic E-state index is 0.111. The molecule has 1 unspecified atom stereocenters. The molecule has 9 nitrogen and oxygen atoms in total. The SMILES string of the molecule is COc1cc(Cn2ncc3c(-c4cccc(-c5ccc(CNCC6CCC(=O)N6)c(OC)n5)c4Cl)cccc32)c(Cl)cc1CN(C)CC1CCCCC1. The Kier molecular flexibility index (Phi) is 11.8. The number of methoxy groups -OCH3 is 2. The molecule has 1 aliphatic heterocycles. The highest BCUT2D eigenvalue weighted by Crippen LogP contribution is 2.40. The van der Waals surface area contributed by atoms with E-state index in [1.165, 1.54) is 32.1 Å². The van der Waals surface area contributed by atoms with Crippen LogP contribution in [0.5, 0.6) is 11.6 Å². The minimum Gasteiger partial charge on any atom is -0.496 e. The van der Waals surface area contributed by atoms with Crippen molar-refractivity contribution in [3.05, 3.63) is 93.6 Å². The summed E-state index contributed by atoms with van der Waals surface area (Å²) >= 11 is 14.1. The maximum absolute atomic E-state index is 11.5. The van der Waals surface area contributed by atoms with Crippen molar-refractivity contribution in [3.63, 3.8) is 0 Å². The number of nitrogens with zero attached hydrogens (tertiary/aromatic N) is 4. The predicted molar refractivity (Wildman–Crippen MR) is 213 cm³/mol. The molecule has 1 saturated heterocycles. The second kappa shape index (κ2) is 16.9. The van der Waals surface area contributed by atoms with Crippen LogP contribution in [0.25, 0.3) is 33.3 Å². The first kappa shape index (κ1) is 37.2. The number of nitrogens with one attached hydrogen (secondary N) is 2. The lowest BCUT2D eigenvalue weighted by atomic mass is 9.89. The summed E-state index contributed by atoms with van der Waals surface area (Å²) in [6, 6.07) is 20.4. The van der Waals surface area contributed by atoms with E-state index in [4.69, 9.17) is 42.8 Å². The molecule has 1 amide bonds. The standard InChI is InChI=1S/C42H48Cl2N6O3/c1-49(24-27-9-5-4-6-10-27)25-30-19-36(43)29(20-39(30)52-2)26-50-38-14-8-11-32(35(38)23-46-50)33-12-7-13-34(41(33)44)37-17-15-28(42(48-37)53-3)21-45-22-31-16-18-40(51)47-31/h7-8,11-15,17,19-20,23,27,31,45H,4-6,9-10,16,18,21-22,24-26H2,1-3H3,(H,47,51). The van der Waals surface area contributed by atoms with E-state index in [0.29, 0.717) is 42.0 Å². The Balaban J connectivity index is 1.09. The van der Waals surface area contributed by atoms with Gasteiger partial charge in [-0.3, -0.25) is 9.48 Å². The topological polar surface area (TPSA) is 93.5 Å². The molecule has 1 aliphatic carbocycles. The van der Waals surface area contributed by atoms with E-state index in [1.807, 2.05) is 47.3 Å². The highest BCUT2D eigenvalue weighted by molar-refractivity contribution is 6.36. The second-order valence-corrected chi connectivity index (χ2v) is 15.2. The van der Waals surface area contributed by atoms with Crippen LogP contribution in [0, 0.1) is 5.92 Å². The van der Waals surface area contributed by atoms with Crippen molar-refractivity contribution >= 4 is 40.0 Å². The smallest absolute Gasteiger partial charge is 0.220 e. The molecule has 3 aromatic carbocycles. The van der Waals surface area contributed by atoms with Crippen LogP contribution in [-0.2, 0) is 24.4 Å². The number of ether oxygens (including phenoxy) is 2. The van der Waals surface area contributed by atoms with Crippen molar-refractivity contribution in [2.24, 2.45) is 5.92 Å². The molecule has 2 fully saturated rings. The van der Waals surface area contributed by atoms with Gasteiger partial charge in [0.2, 0.25) is 11.8 Å². The molecule has 53 heavy (non-hydrogen) atoms. The number of rotatable bonds is 14. The molecule has 2 aromatic heterocycles. The van der Waals surface area contributed by atoms with Crippen LogP contribution < -0.4 is 20.1 Å². The summed E-state index contributed by atoms with van der Waals surface area (Å²) < 4.78 is 13.5. The number of aromatic nitrogens is 3. The summed E-state index contributed by atoms with van der Waals surface area (Å²) in [7, 11) is 5.54. The molecule has 2 aliphatic rings. The Bertz CT molecular complexity index is 2080. The summed E-state index contributed by atoms with van der Waals surface area (Å²) in [6.45, 7) is 3.64. The molecule has 2 N–H and O–H groups in total. The number of hydrogen-bond donors (Lipinski definition) is 2. The van der Waals surface area contributed by atoms with Gasteiger partial charge in [0.25, 0.3) is 0 Å². The summed E-state index contributed by atoms with van der Waals surface area (Å²) in [4.78, 5) is 18.8. The maximum Gasteiger partial charge on any atom is 0.220 e. The molecule has 0 bridgehead atoms. The highest BCUT2D eigenvalue weighted by Gasteiger charge is 2.22. The van der Waals surface area contributed by atoms with Gasteiger partial charge in [0.15, 0.2) is 0 Å². The highest BCUT2D eigenvalue weighted by atomic mass is 35.5. The molecule has 1 atom stereocenters. The molecule has 0 radical (unpaired) electrons. The van der Waals surface area contributed by atoms with Crippen molar-refractivity contribution in [1.29, 1.82) is 0 Å². The molecule has 278 valence electrons. The van der Waals surface area contributed by atoms with E-state index in [2.05, 4.69) is 46.8 Å². The van der Waals surface area contributed by atoms with Gasteiger partial charge in [-0.25, -0.2) is 4.98 Å². The average Bonchev–Trinajstić information content (AvgIpc) is 3.78. The van der Waals surface area contributed by atoms with E-state index < -0.39 is 0 Å². The normalized spacial score (nSPS) is 16.4. The van der Waals surface area contributed by atoms with Gasteiger partial charge in [0.05, 0.1) is 43.2 Å². The van der Waals surface area contributed by atoms with Gasteiger partial charge in [0, 0.05) is 71.3 Å². The van der Waals surface area contributed by atoms with Gasteiger partial charge >= 0.3 is 0 Å². The lowest BCUT2D eigenvalue weighted by Crippen LogP contribution is -2.35. The van der Waals surface area contributed by atoms with E-state index in [0.717, 1.165) is 81.2 Å². The van der Waals surface area contributed by atoms with Gasteiger partial charge in [0.1, 0.15) is 5.75 Å². The molecular formula is C42H48Cl2N6O3. The number of carbonyl (C=O) groups excluding carboxylic acids is 1. The van der Waals surface area contributed by atoms with Crippen molar-refractivity contribution in [2.75, 3.05) is 34.4 Å². The molecule has 3 heterocycles. The zero-order valence-electron chi connectivity index (χ0n) is 30.8. The maximum atomic E-state index is 11.5. The van der Waals surface area contributed by atoms with Gasteiger partial charge in [-0.15, -0.1) is 0 Å². The lowest BCUT2D eigenvalue weighted by molar-refractivity contribution is -0.119. The first-order valence-corrected chi connectivity index (χ1v) is 19.4. The van der Waals surface area contributed by atoms with E-state index in [-0.39, 0.29) is 11.9 Å². The van der Waals surface area contributed by atoms with Crippen LogP contribution in [0.1, 0.15) is 61.6 Å². The monoisotopic (exact) mass is 754 g/mol. The van der Waals surface area contributed by atoms with E-state index in [9.17, 15) is 4.79 Å². The quantitative estimate of drug-likeness (QED) is 0.117. The van der Waals surface area contributed by atoms with Gasteiger partial charge in [-0.05, 0) is 67.6 Å². The number of benzene rings is 3. The lowest BCUT2D eigenvalue weighted by Gasteiger charge is -2.27. The third kappa shape index (κ3) is 8.49. The molecule has 0 spiro atoms. The Morgan fingerprint density at radius 2 is 1.72 bits per heavy atom. The second-order valence-electron chi connectivity index (χ2n) is 14.5. The molecule has 7 rings (SSSR count). The number of pyridine rings is 1. The van der Waals surface area contributed by atoms with Crippen LogP contribution in [0.2, 0.25) is 10.0 Å². The largest absolute Gasteiger partial charge is 0.496 e. The van der Waals surface area contributed by atoms with Crippen LogP contribution in [0.4, 0.5) is 0 Å². The summed E-state index contributed by atoms with van der Waals surface area (Å²) in [5.74, 6) is 2.25. The Morgan fingerprint density at radius 1 is 0.925 bits per heavy atom. The number of carbonyl (C=O) groups is 1. The molecule has 5 aromatic rings. The zero-order chi connectivity index (χ0) is 36.9. The van der Waals surface area contributed by atoms with Gasteiger partial charge in [-0.2, -0.15) is 5.10 Å². The first-order valence-electron chi connectivity index (χ1n) is 18.6. The number of fused-ring (bicyclic) bond motifs is 1. The van der Waals surface area contributed by atoms with E-state index >= 15 is 0 Å². The summed E-state index contributed by atoms with van der Waals surface area (Å²) in [5, 5.41) is 13.5. The number of halogens is 2. The fourth-order valence-corrected chi connectivity index (χ4v) is 8.51. The minimum atomic E-state index is 0.111. The third-order valence-electron chi connectivity index (χ3n) is 10.7. The van der Waals surface area contributed by atoms with Crippen LogP contribution in [-0.4, -0.2) is 66.0 Å². The molecule has 1 saturated carbocycles. The molecular weight excluding hydrogens is 707 g/mol. The number of amides is 1. The van der Waals surface area contributed by atoms with Crippen molar-refractivity contribution in [3.8, 4) is 34.0 Å². The third-order valence-corrected chi connectivity index (χ3v) is 11.4. The van der Waals surface area contributed by atoms with Crippen molar-refractivity contribution in [1.82, 2.24) is 30.3 Å². The van der Waals surface area contributed by atoms with E-state index in [1.54, 1.807) is 14.2 Å². The average molecular weight is 756 g/mol. The van der Waals surface area contributed by atoms with Gasteiger partial charge < -0.3 is 25.0 Å². The Labute approximate surface area is 322 Å². The van der Waals surface area contributed by atoms with Crippen LogP contribution in [0.15, 0.2) is 66.9 Å². The molecule has 11 heteroatoms. The Hall–Kier alpha value is -4.15. The van der Waals surface area contributed by atoms with Crippen LogP contribution in [0.3, 0.4) is 0 Å². The first-order chi connectivity index (χ1) is 25.8.